The highest BCUT2D eigenvalue weighted by Gasteiger charge is 2.23. The summed E-state index contributed by atoms with van der Waals surface area (Å²) in [7, 11) is 0. The summed E-state index contributed by atoms with van der Waals surface area (Å²) in [5, 5.41) is 12.7. The molecule has 0 amide bonds. The molecule has 13 aromatic rings. The lowest BCUT2D eigenvalue weighted by Gasteiger charge is -2.12. The maximum atomic E-state index is 2.47. The summed E-state index contributed by atoms with van der Waals surface area (Å²) in [6, 6.07) is 81.1. The molecule has 11 aromatic carbocycles. The third kappa shape index (κ3) is 4.75. The van der Waals surface area contributed by atoms with Gasteiger partial charge in [0.1, 0.15) is 0 Å². The molecule has 0 atom stereocenters. The number of fused-ring (bicyclic) bond motifs is 12. The van der Waals surface area contributed by atoms with Gasteiger partial charge in [0.15, 0.2) is 0 Å². The van der Waals surface area contributed by atoms with Gasteiger partial charge < -0.3 is 9.13 Å². The third-order valence-electron chi connectivity index (χ3n) is 13.6. The van der Waals surface area contributed by atoms with Crippen LogP contribution >= 0.6 is 0 Å². The number of rotatable bonds is 4. The highest BCUT2D eigenvalue weighted by molar-refractivity contribution is 6.22. The molecule has 286 valence electrons. The summed E-state index contributed by atoms with van der Waals surface area (Å²) in [5.41, 5.74) is 17.3. The standard InChI is InChI=1S/C60H36N2/c1-2-17-45(18-3-1)61-55-27-25-41(33-51(55)52-32-39-13-4-5-14-40(39)36-58(52)61)42-26-28-56-54(34-42)60-47-20-7-6-12-37(47)24-29-57(60)62(56)46-19-10-15-38(31-46)44-30-43-16-11-23-50-48-21-8-9-22-49(48)53(35-44)59(43)50/h1-36H. The molecule has 0 radical (unpaired) electrons. The van der Waals surface area contributed by atoms with Crippen molar-refractivity contribution in [3.8, 4) is 55.9 Å². The van der Waals surface area contributed by atoms with Gasteiger partial charge >= 0.3 is 0 Å². The number of benzene rings is 11. The Morgan fingerprint density at radius 1 is 0.226 bits per heavy atom. The van der Waals surface area contributed by atoms with Gasteiger partial charge in [-0.3, -0.25) is 0 Å². The Labute approximate surface area is 357 Å². The minimum Gasteiger partial charge on any atom is -0.309 e. The van der Waals surface area contributed by atoms with E-state index in [1.165, 1.54) is 126 Å². The normalized spacial score (nSPS) is 12.2. The molecule has 14 rings (SSSR count). The largest absolute Gasteiger partial charge is 0.309 e. The van der Waals surface area contributed by atoms with E-state index in [1.807, 2.05) is 0 Å². The van der Waals surface area contributed by atoms with Crippen molar-refractivity contribution in [2.75, 3.05) is 0 Å². The van der Waals surface area contributed by atoms with Crippen LogP contribution in [0.4, 0.5) is 0 Å². The molecular formula is C60H36N2. The summed E-state index contributed by atoms with van der Waals surface area (Å²) < 4.78 is 4.89. The van der Waals surface area contributed by atoms with E-state index in [1.54, 1.807) is 0 Å². The zero-order valence-electron chi connectivity index (χ0n) is 33.7. The second-order valence-electron chi connectivity index (χ2n) is 16.9. The first-order valence-electron chi connectivity index (χ1n) is 21.5. The molecule has 2 aromatic heterocycles. The van der Waals surface area contributed by atoms with Crippen molar-refractivity contribution in [1.82, 2.24) is 9.13 Å². The summed E-state index contributed by atoms with van der Waals surface area (Å²) in [6.45, 7) is 0. The molecule has 0 spiro atoms. The molecule has 2 heterocycles. The molecule has 0 unspecified atom stereocenters. The van der Waals surface area contributed by atoms with Crippen molar-refractivity contribution < 1.29 is 0 Å². The van der Waals surface area contributed by atoms with Gasteiger partial charge in [0.2, 0.25) is 0 Å². The van der Waals surface area contributed by atoms with E-state index in [9.17, 15) is 0 Å². The van der Waals surface area contributed by atoms with Crippen LogP contribution in [0.5, 0.6) is 0 Å². The number of para-hydroxylation sites is 1. The van der Waals surface area contributed by atoms with E-state index in [4.69, 9.17) is 0 Å². The van der Waals surface area contributed by atoms with E-state index >= 15 is 0 Å². The second kappa shape index (κ2) is 12.7. The first-order valence-corrected chi connectivity index (χ1v) is 21.5. The molecule has 1 aliphatic rings. The Bertz CT molecular complexity index is 4030. The topological polar surface area (TPSA) is 9.86 Å². The van der Waals surface area contributed by atoms with Crippen LogP contribution in [0.1, 0.15) is 0 Å². The highest BCUT2D eigenvalue weighted by atomic mass is 15.0. The van der Waals surface area contributed by atoms with Crippen LogP contribution in [0.3, 0.4) is 0 Å². The van der Waals surface area contributed by atoms with E-state index in [0.717, 1.165) is 5.69 Å². The van der Waals surface area contributed by atoms with E-state index in [0.29, 0.717) is 0 Å². The molecule has 2 heteroatoms. The smallest absolute Gasteiger partial charge is 0.0547 e. The first kappa shape index (κ1) is 33.6. The number of aromatic nitrogens is 2. The van der Waals surface area contributed by atoms with Crippen molar-refractivity contribution in [2.45, 2.75) is 0 Å². The summed E-state index contributed by atoms with van der Waals surface area (Å²) in [4.78, 5) is 0. The summed E-state index contributed by atoms with van der Waals surface area (Å²) >= 11 is 0. The fourth-order valence-electron chi connectivity index (χ4n) is 10.8. The van der Waals surface area contributed by atoms with Gasteiger partial charge in [0, 0.05) is 32.9 Å². The van der Waals surface area contributed by atoms with Gasteiger partial charge in [-0.25, -0.2) is 0 Å². The maximum Gasteiger partial charge on any atom is 0.0547 e. The van der Waals surface area contributed by atoms with Crippen molar-refractivity contribution in [3.63, 3.8) is 0 Å². The Balaban J connectivity index is 0.969. The molecule has 0 fully saturated rings. The lowest BCUT2D eigenvalue weighted by Crippen LogP contribution is -1.94. The van der Waals surface area contributed by atoms with Gasteiger partial charge in [-0.15, -0.1) is 0 Å². The zero-order valence-corrected chi connectivity index (χ0v) is 33.7. The molecule has 1 aliphatic carbocycles. The van der Waals surface area contributed by atoms with Crippen LogP contribution < -0.4 is 0 Å². The van der Waals surface area contributed by atoms with Crippen molar-refractivity contribution >= 4 is 75.9 Å². The fourth-order valence-corrected chi connectivity index (χ4v) is 10.8. The zero-order chi connectivity index (χ0) is 40.5. The van der Waals surface area contributed by atoms with Crippen LogP contribution in [0.25, 0.3) is 132 Å². The molecular weight excluding hydrogens is 749 g/mol. The predicted octanol–water partition coefficient (Wildman–Crippen LogP) is 16.3. The number of nitrogens with zero attached hydrogens (tertiary/aromatic N) is 2. The predicted molar refractivity (Wildman–Crippen MR) is 263 cm³/mol. The van der Waals surface area contributed by atoms with Crippen LogP contribution in [-0.4, -0.2) is 9.13 Å². The second-order valence-corrected chi connectivity index (χ2v) is 16.9. The quantitative estimate of drug-likeness (QED) is 0.168. The Morgan fingerprint density at radius 2 is 0.806 bits per heavy atom. The van der Waals surface area contributed by atoms with Gasteiger partial charge in [-0.05, 0) is 156 Å². The van der Waals surface area contributed by atoms with Gasteiger partial charge in [-0.2, -0.15) is 0 Å². The van der Waals surface area contributed by atoms with Gasteiger partial charge in [0.25, 0.3) is 0 Å². The molecule has 0 saturated carbocycles. The third-order valence-corrected chi connectivity index (χ3v) is 13.6. The van der Waals surface area contributed by atoms with Gasteiger partial charge in [-0.1, -0.05) is 140 Å². The first-order chi connectivity index (χ1) is 30.7. The maximum absolute atomic E-state index is 2.47. The lowest BCUT2D eigenvalue weighted by molar-refractivity contribution is 1.18. The highest BCUT2D eigenvalue weighted by Crippen LogP contribution is 2.49. The lowest BCUT2D eigenvalue weighted by atomic mass is 9.96. The van der Waals surface area contributed by atoms with Crippen molar-refractivity contribution in [1.29, 1.82) is 0 Å². The average molecular weight is 785 g/mol. The van der Waals surface area contributed by atoms with E-state index < -0.39 is 0 Å². The van der Waals surface area contributed by atoms with Crippen LogP contribution in [0, 0.1) is 0 Å². The average Bonchev–Trinajstić information content (AvgIpc) is 3.96. The minimum absolute atomic E-state index is 1.15. The van der Waals surface area contributed by atoms with Gasteiger partial charge in [0.05, 0.1) is 22.1 Å². The van der Waals surface area contributed by atoms with Crippen molar-refractivity contribution in [3.05, 3.63) is 218 Å². The molecule has 0 saturated heterocycles. The molecule has 0 N–H and O–H groups in total. The Hall–Kier alpha value is -8.20. The molecule has 2 nitrogen and oxygen atoms in total. The monoisotopic (exact) mass is 784 g/mol. The van der Waals surface area contributed by atoms with Crippen LogP contribution in [0.15, 0.2) is 218 Å². The summed E-state index contributed by atoms with van der Waals surface area (Å²) in [6.07, 6.45) is 0. The molecule has 62 heavy (non-hydrogen) atoms. The number of hydrogen-bond acceptors (Lipinski definition) is 0. The molecule has 0 aliphatic heterocycles. The Morgan fingerprint density at radius 3 is 1.65 bits per heavy atom. The van der Waals surface area contributed by atoms with Crippen molar-refractivity contribution in [2.24, 2.45) is 0 Å². The van der Waals surface area contributed by atoms with E-state index in [-0.39, 0.29) is 0 Å². The number of hydrogen-bond donors (Lipinski definition) is 0. The Kier molecular flexibility index (Phi) is 6.86. The summed E-state index contributed by atoms with van der Waals surface area (Å²) in [5.74, 6) is 0. The van der Waals surface area contributed by atoms with Crippen LogP contribution in [0.2, 0.25) is 0 Å². The minimum atomic E-state index is 1.15. The SMILES string of the molecule is c1ccc(-n2c3ccc(-c4ccc5c(c4)c4c6ccccc6ccc4n5-c4cccc(-c5cc6c7c(cccc7c5)-c5ccccc5-6)c4)cc3c3cc4ccccc4cc32)cc1. The fraction of sp³-hybridized carbons (Fsp3) is 0. The molecule has 0 bridgehead atoms. The van der Waals surface area contributed by atoms with Crippen LogP contribution in [-0.2, 0) is 0 Å². The van der Waals surface area contributed by atoms with E-state index in [2.05, 4.69) is 228 Å².